The summed E-state index contributed by atoms with van der Waals surface area (Å²) in [7, 11) is 2.70. The molecular weight excluding hydrogens is 304 g/mol. The maximum atomic E-state index is 11.6. The molecule has 19 heavy (non-hydrogen) atoms. The number of methoxy groups -OCH3 is 2. The molecule has 0 amide bonds. The molecule has 2 aromatic heterocycles. The molecule has 0 N–H and O–H groups in total. The lowest BCUT2D eigenvalue weighted by atomic mass is 10.5. The van der Waals surface area contributed by atoms with E-state index in [1.165, 1.54) is 48.7 Å². The average Bonchev–Trinajstić information content (AvgIpc) is 3.06. The van der Waals surface area contributed by atoms with Gasteiger partial charge in [0.05, 0.1) is 14.2 Å². The van der Waals surface area contributed by atoms with Gasteiger partial charge in [0.15, 0.2) is 0 Å². The van der Waals surface area contributed by atoms with Gasteiger partial charge in [0.1, 0.15) is 9.75 Å². The molecule has 100 valence electrons. The van der Waals surface area contributed by atoms with Gasteiger partial charge in [-0.2, -0.15) is 0 Å². The summed E-state index contributed by atoms with van der Waals surface area (Å²) in [5, 5.41) is 3.64. The fourth-order valence-corrected chi connectivity index (χ4v) is 4.34. The Hall–Kier alpha value is -1.31. The second kappa shape index (κ2) is 6.23. The molecule has 0 saturated carbocycles. The van der Waals surface area contributed by atoms with Crippen molar-refractivity contribution in [3.8, 4) is 0 Å². The minimum Gasteiger partial charge on any atom is -0.465 e. The highest BCUT2D eigenvalue weighted by Gasteiger charge is 2.19. The van der Waals surface area contributed by atoms with Gasteiger partial charge in [-0.25, -0.2) is 9.59 Å². The summed E-state index contributed by atoms with van der Waals surface area (Å²) >= 11 is 3.99. The highest BCUT2D eigenvalue weighted by atomic mass is 32.2. The van der Waals surface area contributed by atoms with E-state index >= 15 is 0 Å². The van der Waals surface area contributed by atoms with Crippen LogP contribution in [0.1, 0.15) is 19.3 Å². The Kier molecular flexibility index (Phi) is 4.62. The first-order valence-corrected chi connectivity index (χ1v) is 7.74. The fraction of sp³-hybridized carbons (Fsp3) is 0.167. The van der Waals surface area contributed by atoms with Crippen molar-refractivity contribution in [3.05, 3.63) is 32.6 Å². The Morgan fingerprint density at radius 3 is 1.74 bits per heavy atom. The fourth-order valence-electron chi connectivity index (χ4n) is 1.36. The lowest BCUT2D eigenvalue weighted by Crippen LogP contribution is -2.01. The van der Waals surface area contributed by atoms with Crippen molar-refractivity contribution in [3.63, 3.8) is 0 Å². The Balaban J connectivity index is 2.27. The van der Waals surface area contributed by atoms with Crippen LogP contribution in [0.2, 0.25) is 0 Å². The van der Waals surface area contributed by atoms with Crippen LogP contribution in [0.25, 0.3) is 0 Å². The van der Waals surface area contributed by atoms with Crippen molar-refractivity contribution < 1.29 is 19.1 Å². The van der Waals surface area contributed by atoms with E-state index in [4.69, 9.17) is 9.47 Å². The Morgan fingerprint density at radius 1 is 0.947 bits per heavy atom. The van der Waals surface area contributed by atoms with Crippen molar-refractivity contribution in [2.45, 2.75) is 9.79 Å². The summed E-state index contributed by atoms with van der Waals surface area (Å²) in [6.45, 7) is 0. The quantitative estimate of drug-likeness (QED) is 0.808. The van der Waals surface area contributed by atoms with Crippen molar-refractivity contribution in [1.82, 2.24) is 0 Å². The maximum Gasteiger partial charge on any atom is 0.349 e. The number of rotatable bonds is 4. The zero-order chi connectivity index (χ0) is 13.8. The standard InChI is InChI=1S/C12H10O4S3/c1-15-11(13)9-7(3-5-17-9)19-8-4-6-18-10(8)12(14)16-2/h3-6H,1-2H3. The van der Waals surface area contributed by atoms with Crippen molar-refractivity contribution in [2.75, 3.05) is 14.2 Å². The molecule has 2 rings (SSSR count). The van der Waals surface area contributed by atoms with Crippen LogP contribution in [0.4, 0.5) is 0 Å². The molecule has 7 heteroatoms. The van der Waals surface area contributed by atoms with Gasteiger partial charge >= 0.3 is 11.9 Å². The van der Waals surface area contributed by atoms with E-state index in [-0.39, 0.29) is 11.9 Å². The van der Waals surface area contributed by atoms with Gasteiger partial charge in [0, 0.05) is 9.79 Å². The molecule has 0 aliphatic rings. The molecule has 0 spiro atoms. The predicted octanol–water partition coefficient (Wildman–Crippen LogP) is 3.53. The third kappa shape index (κ3) is 2.99. The van der Waals surface area contributed by atoms with E-state index in [2.05, 4.69) is 0 Å². The smallest absolute Gasteiger partial charge is 0.349 e. The van der Waals surface area contributed by atoms with Crippen LogP contribution >= 0.6 is 34.4 Å². The number of carbonyl (C=O) groups excluding carboxylic acids is 2. The maximum absolute atomic E-state index is 11.6. The first kappa shape index (κ1) is 14.1. The van der Waals surface area contributed by atoms with Gasteiger partial charge in [0.2, 0.25) is 0 Å². The topological polar surface area (TPSA) is 52.6 Å². The van der Waals surface area contributed by atoms with Crippen LogP contribution in [0.5, 0.6) is 0 Å². The zero-order valence-electron chi connectivity index (χ0n) is 10.2. The second-order valence-electron chi connectivity index (χ2n) is 3.31. The third-order valence-corrected chi connectivity index (χ3v) is 5.39. The van der Waals surface area contributed by atoms with Crippen molar-refractivity contribution >= 4 is 46.4 Å². The van der Waals surface area contributed by atoms with Gasteiger partial charge < -0.3 is 9.47 Å². The van der Waals surface area contributed by atoms with Gasteiger partial charge in [-0.05, 0) is 22.9 Å². The number of hydrogen-bond donors (Lipinski definition) is 0. The molecule has 0 bridgehead atoms. The van der Waals surface area contributed by atoms with Crippen molar-refractivity contribution in [1.29, 1.82) is 0 Å². The van der Waals surface area contributed by atoms with Gasteiger partial charge in [-0.1, -0.05) is 11.8 Å². The summed E-state index contributed by atoms with van der Waals surface area (Å²) in [5.74, 6) is -0.736. The monoisotopic (exact) mass is 314 g/mol. The molecule has 0 fully saturated rings. The first-order valence-electron chi connectivity index (χ1n) is 5.16. The largest absolute Gasteiger partial charge is 0.465 e. The summed E-state index contributed by atoms with van der Waals surface area (Å²) < 4.78 is 9.44. The highest BCUT2D eigenvalue weighted by molar-refractivity contribution is 7.99. The van der Waals surface area contributed by atoms with E-state index in [9.17, 15) is 9.59 Å². The number of esters is 2. The lowest BCUT2D eigenvalue weighted by Gasteiger charge is -2.03. The number of ether oxygens (including phenoxy) is 2. The number of carbonyl (C=O) groups is 2. The van der Waals surface area contributed by atoms with Crippen LogP contribution < -0.4 is 0 Å². The first-order chi connectivity index (χ1) is 9.17. The summed E-state index contributed by atoms with van der Waals surface area (Å²) in [6.07, 6.45) is 0. The van der Waals surface area contributed by atoms with Gasteiger partial charge in [0.25, 0.3) is 0 Å². The second-order valence-corrected chi connectivity index (χ2v) is 6.23. The molecule has 0 aliphatic heterocycles. The molecule has 0 aliphatic carbocycles. The molecule has 4 nitrogen and oxygen atoms in total. The Morgan fingerprint density at radius 2 is 1.37 bits per heavy atom. The predicted molar refractivity (Wildman–Crippen MR) is 75.4 cm³/mol. The Labute approximate surface area is 122 Å². The summed E-state index contributed by atoms with van der Waals surface area (Å²) in [5.41, 5.74) is 0. The van der Waals surface area contributed by atoms with Crippen LogP contribution in [0.15, 0.2) is 32.7 Å². The van der Waals surface area contributed by atoms with E-state index in [1.54, 1.807) is 0 Å². The van der Waals surface area contributed by atoms with E-state index in [0.717, 1.165) is 9.79 Å². The molecular formula is C12H10O4S3. The molecule has 0 aromatic carbocycles. The number of hydrogen-bond acceptors (Lipinski definition) is 7. The van der Waals surface area contributed by atoms with E-state index < -0.39 is 0 Å². The van der Waals surface area contributed by atoms with Crippen LogP contribution in [0, 0.1) is 0 Å². The molecule has 2 heterocycles. The zero-order valence-corrected chi connectivity index (χ0v) is 12.6. The van der Waals surface area contributed by atoms with Gasteiger partial charge in [-0.15, -0.1) is 22.7 Å². The average molecular weight is 314 g/mol. The van der Waals surface area contributed by atoms with E-state index in [0.29, 0.717) is 9.75 Å². The lowest BCUT2D eigenvalue weighted by molar-refractivity contribution is 0.0594. The van der Waals surface area contributed by atoms with Crippen molar-refractivity contribution in [2.24, 2.45) is 0 Å². The SMILES string of the molecule is COC(=O)c1sccc1Sc1ccsc1C(=O)OC. The molecule has 0 radical (unpaired) electrons. The normalized spacial score (nSPS) is 10.2. The third-order valence-electron chi connectivity index (χ3n) is 2.22. The minimum atomic E-state index is -0.368. The van der Waals surface area contributed by atoms with Crippen LogP contribution in [-0.4, -0.2) is 26.2 Å². The highest BCUT2D eigenvalue weighted by Crippen LogP contribution is 2.37. The van der Waals surface area contributed by atoms with Crippen LogP contribution in [0.3, 0.4) is 0 Å². The summed E-state index contributed by atoms with van der Waals surface area (Å²) in [4.78, 5) is 25.8. The summed E-state index contributed by atoms with van der Waals surface area (Å²) in [6, 6.07) is 3.67. The van der Waals surface area contributed by atoms with Crippen LogP contribution in [-0.2, 0) is 9.47 Å². The molecule has 0 atom stereocenters. The van der Waals surface area contributed by atoms with Gasteiger partial charge in [-0.3, -0.25) is 0 Å². The molecule has 0 unspecified atom stereocenters. The number of thiophene rings is 2. The van der Waals surface area contributed by atoms with E-state index in [1.807, 2.05) is 22.9 Å². The Bertz CT molecular complexity index is 547. The minimum absolute atomic E-state index is 0.368. The molecule has 2 aromatic rings. The molecule has 0 saturated heterocycles.